The van der Waals surface area contributed by atoms with E-state index in [2.05, 4.69) is 230 Å². The van der Waals surface area contributed by atoms with Gasteiger partial charge < -0.3 is 4.90 Å². The van der Waals surface area contributed by atoms with Crippen LogP contribution in [0.15, 0.2) is 218 Å². The average molecular weight is 807 g/mol. The molecule has 63 heavy (non-hydrogen) atoms. The van der Waals surface area contributed by atoms with Crippen LogP contribution in [0.4, 0.5) is 17.1 Å². The van der Waals surface area contributed by atoms with Crippen LogP contribution >= 0.6 is 0 Å². The van der Waals surface area contributed by atoms with Crippen molar-refractivity contribution in [3.8, 4) is 50.6 Å². The molecular weight excluding hydrogens is 765 g/mol. The van der Waals surface area contributed by atoms with Crippen LogP contribution in [-0.4, -0.2) is 14.5 Å². The molecule has 4 nitrogen and oxygen atoms in total. The molecule has 1 aliphatic carbocycles. The molecule has 0 N–H and O–H groups in total. The molecule has 4 heteroatoms. The number of fused-ring (bicyclic) bond motifs is 7. The number of benzene rings is 9. The third-order valence-corrected chi connectivity index (χ3v) is 13.0. The smallest absolute Gasteiger partial charge is 0.235 e. The first-order valence-corrected chi connectivity index (χ1v) is 21.7. The van der Waals surface area contributed by atoms with E-state index < -0.39 is 0 Å². The molecule has 2 aromatic heterocycles. The van der Waals surface area contributed by atoms with Crippen molar-refractivity contribution in [2.24, 2.45) is 0 Å². The first kappa shape index (κ1) is 36.7. The molecule has 0 unspecified atom stereocenters. The van der Waals surface area contributed by atoms with Crippen LogP contribution in [0.1, 0.15) is 25.0 Å². The van der Waals surface area contributed by atoms with Crippen LogP contribution in [0.3, 0.4) is 0 Å². The molecule has 0 atom stereocenters. The Labute approximate surface area is 367 Å². The van der Waals surface area contributed by atoms with Gasteiger partial charge in [-0.3, -0.25) is 4.57 Å². The predicted molar refractivity (Wildman–Crippen MR) is 262 cm³/mol. The van der Waals surface area contributed by atoms with Gasteiger partial charge >= 0.3 is 0 Å². The van der Waals surface area contributed by atoms with Crippen molar-refractivity contribution >= 4 is 49.8 Å². The van der Waals surface area contributed by atoms with Gasteiger partial charge in [0.15, 0.2) is 0 Å². The number of anilines is 3. The Kier molecular flexibility index (Phi) is 8.48. The van der Waals surface area contributed by atoms with Gasteiger partial charge in [0.05, 0.1) is 27.9 Å². The van der Waals surface area contributed by atoms with Gasteiger partial charge in [-0.05, 0) is 87.5 Å². The fourth-order valence-electron chi connectivity index (χ4n) is 9.94. The summed E-state index contributed by atoms with van der Waals surface area (Å²) in [6.45, 7) is 4.70. The molecule has 0 spiro atoms. The fourth-order valence-corrected chi connectivity index (χ4v) is 9.94. The van der Waals surface area contributed by atoms with E-state index >= 15 is 0 Å². The van der Waals surface area contributed by atoms with Crippen LogP contribution in [0.5, 0.6) is 0 Å². The maximum Gasteiger partial charge on any atom is 0.235 e. The number of nitrogens with zero attached hydrogens (tertiary/aromatic N) is 4. The molecule has 0 saturated carbocycles. The van der Waals surface area contributed by atoms with Gasteiger partial charge in [-0.2, -0.15) is 0 Å². The number of para-hydroxylation sites is 3. The largest absolute Gasteiger partial charge is 0.310 e. The van der Waals surface area contributed by atoms with E-state index in [1.54, 1.807) is 0 Å². The molecule has 0 amide bonds. The Morgan fingerprint density at radius 3 is 1.81 bits per heavy atom. The lowest BCUT2D eigenvalue weighted by molar-refractivity contribution is 0.660. The van der Waals surface area contributed by atoms with Gasteiger partial charge in [0.25, 0.3) is 0 Å². The second-order valence-corrected chi connectivity index (χ2v) is 17.0. The number of rotatable bonds is 7. The Morgan fingerprint density at radius 2 is 1.00 bits per heavy atom. The molecule has 9 aromatic carbocycles. The average Bonchev–Trinajstić information content (AvgIpc) is 3.79. The third-order valence-electron chi connectivity index (χ3n) is 13.0. The standard InChI is InChI=1S/C59H42N4/c1-59(2)51-25-13-9-22-46(51)47-36-34-44(38-52(47)59)62(54-27-15-11-21-45(54)40-17-5-3-6-18-40)43-32-29-39(30-33-43)42-31-35-49-48-23-12-16-28-55(48)63(56(49)37-42)58-60-53-26-14-10-24-50(53)57(61-58)41-19-7-4-8-20-41/h3-38H,1-2H3. The Balaban J connectivity index is 1.00. The first-order valence-electron chi connectivity index (χ1n) is 21.7. The third kappa shape index (κ3) is 5.98. The van der Waals surface area contributed by atoms with E-state index in [9.17, 15) is 0 Å². The molecule has 12 rings (SSSR count). The number of hydrogen-bond donors (Lipinski definition) is 0. The quantitative estimate of drug-likeness (QED) is 0.161. The molecule has 0 radical (unpaired) electrons. The van der Waals surface area contributed by atoms with E-state index in [0.717, 1.165) is 66.8 Å². The van der Waals surface area contributed by atoms with E-state index in [-0.39, 0.29) is 5.41 Å². The Hall–Kier alpha value is -8.08. The van der Waals surface area contributed by atoms with Crippen LogP contribution in [0.2, 0.25) is 0 Å². The van der Waals surface area contributed by atoms with E-state index in [4.69, 9.17) is 9.97 Å². The monoisotopic (exact) mass is 806 g/mol. The van der Waals surface area contributed by atoms with Crippen molar-refractivity contribution in [1.82, 2.24) is 14.5 Å². The Morgan fingerprint density at radius 1 is 0.397 bits per heavy atom. The van der Waals surface area contributed by atoms with Gasteiger partial charge in [-0.1, -0.05) is 184 Å². The lowest BCUT2D eigenvalue weighted by Gasteiger charge is -2.30. The summed E-state index contributed by atoms with van der Waals surface area (Å²) in [5.41, 5.74) is 18.2. The topological polar surface area (TPSA) is 34.0 Å². The van der Waals surface area contributed by atoms with Crippen LogP contribution in [-0.2, 0) is 5.41 Å². The maximum absolute atomic E-state index is 5.32. The van der Waals surface area contributed by atoms with Crippen molar-refractivity contribution in [3.05, 3.63) is 230 Å². The molecule has 1 aliphatic rings. The minimum atomic E-state index is -0.126. The van der Waals surface area contributed by atoms with Crippen molar-refractivity contribution in [2.45, 2.75) is 19.3 Å². The van der Waals surface area contributed by atoms with Gasteiger partial charge in [0.1, 0.15) is 0 Å². The number of hydrogen-bond acceptors (Lipinski definition) is 3. The van der Waals surface area contributed by atoms with E-state index in [1.165, 1.54) is 38.8 Å². The van der Waals surface area contributed by atoms with Gasteiger partial charge in [-0.15, -0.1) is 0 Å². The summed E-state index contributed by atoms with van der Waals surface area (Å²) in [5, 5.41) is 3.36. The lowest BCUT2D eigenvalue weighted by Crippen LogP contribution is -2.16. The van der Waals surface area contributed by atoms with Gasteiger partial charge in [0.2, 0.25) is 5.95 Å². The zero-order valence-corrected chi connectivity index (χ0v) is 35.1. The highest BCUT2D eigenvalue weighted by atomic mass is 15.2. The summed E-state index contributed by atoms with van der Waals surface area (Å²) >= 11 is 0. The summed E-state index contributed by atoms with van der Waals surface area (Å²) < 4.78 is 2.23. The summed E-state index contributed by atoms with van der Waals surface area (Å²) in [5.74, 6) is 0.652. The van der Waals surface area contributed by atoms with E-state index in [1.807, 2.05) is 12.1 Å². The molecule has 298 valence electrons. The molecular formula is C59H42N4. The summed E-state index contributed by atoms with van der Waals surface area (Å²) in [7, 11) is 0. The molecule has 2 heterocycles. The summed E-state index contributed by atoms with van der Waals surface area (Å²) in [6.07, 6.45) is 0. The zero-order chi connectivity index (χ0) is 42.1. The zero-order valence-electron chi connectivity index (χ0n) is 35.1. The summed E-state index contributed by atoms with van der Waals surface area (Å²) in [6, 6.07) is 78.5. The van der Waals surface area contributed by atoms with E-state index in [0.29, 0.717) is 5.95 Å². The second-order valence-electron chi connectivity index (χ2n) is 17.0. The second kappa shape index (κ2) is 14.5. The van der Waals surface area contributed by atoms with Crippen LogP contribution in [0.25, 0.3) is 83.3 Å². The minimum Gasteiger partial charge on any atom is -0.310 e. The van der Waals surface area contributed by atoms with Crippen molar-refractivity contribution in [2.75, 3.05) is 4.90 Å². The van der Waals surface area contributed by atoms with Crippen molar-refractivity contribution < 1.29 is 0 Å². The first-order chi connectivity index (χ1) is 31.0. The van der Waals surface area contributed by atoms with Crippen LogP contribution in [0, 0.1) is 0 Å². The van der Waals surface area contributed by atoms with Crippen molar-refractivity contribution in [1.29, 1.82) is 0 Å². The highest BCUT2D eigenvalue weighted by Gasteiger charge is 2.36. The van der Waals surface area contributed by atoms with Crippen LogP contribution < -0.4 is 4.90 Å². The fraction of sp³-hybridized carbons (Fsp3) is 0.0508. The maximum atomic E-state index is 5.32. The lowest BCUT2D eigenvalue weighted by atomic mass is 9.82. The summed E-state index contributed by atoms with van der Waals surface area (Å²) in [4.78, 5) is 13.0. The van der Waals surface area contributed by atoms with Crippen molar-refractivity contribution in [3.63, 3.8) is 0 Å². The predicted octanol–water partition coefficient (Wildman–Crippen LogP) is 15.5. The highest BCUT2D eigenvalue weighted by Crippen LogP contribution is 2.51. The molecule has 0 bridgehead atoms. The Bertz CT molecular complexity index is 3530. The minimum absolute atomic E-state index is 0.126. The molecule has 0 aliphatic heterocycles. The normalized spacial score (nSPS) is 12.7. The highest BCUT2D eigenvalue weighted by molar-refractivity contribution is 6.10. The number of aromatic nitrogens is 3. The molecule has 0 saturated heterocycles. The van der Waals surface area contributed by atoms with Gasteiger partial charge in [0, 0.05) is 44.1 Å². The van der Waals surface area contributed by atoms with Gasteiger partial charge in [-0.25, -0.2) is 9.97 Å². The SMILES string of the molecule is CC1(C)c2ccccc2-c2ccc(N(c3ccc(-c4ccc5c6ccccc6n(-c6nc(-c7ccccc7)c7ccccc7n6)c5c4)cc3)c3ccccc3-c3ccccc3)cc21. The molecule has 0 fully saturated rings. The molecule has 11 aromatic rings.